The third kappa shape index (κ3) is 5.98. The zero-order chi connectivity index (χ0) is 18.2. The number of hydrogen-bond acceptors (Lipinski definition) is 3. The number of rotatable bonds is 8. The van der Waals surface area contributed by atoms with E-state index in [1.54, 1.807) is 7.11 Å². The lowest BCUT2D eigenvalue weighted by Crippen LogP contribution is -2.23. The first-order chi connectivity index (χ1) is 12.0. The molecule has 0 spiro atoms. The second-order valence-electron chi connectivity index (χ2n) is 6.02. The molecule has 0 heterocycles. The molecule has 0 aliphatic heterocycles. The molecule has 1 amide bonds. The van der Waals surface area contributed by atoms with Gasteiger partial charge >= 0.3 is 0 Å². The number of aryl methyl sites for hydroxylation is 1. The van der Waals surface area contributed by atoms with E-state index in [0.717, 1.165) is 11.1 Å². The molecule has 2 aromatic rings. The zero-order valence-corrected chi connectivity index (χ0v) is 15.6. The molecule has 0 fully saturated rings. The number of carbonyl (C=O) groups excluding carboxylic acids is 1. The zero-order valence-electron chi connectivity index (χ0n) is 14.8. The molecule has 0 unspecified atom stereocenters. The van der Waals surface area contributed by atoms with E-state index < -0.39 is 0 Å². The van der Waals surface area contributed by atoms with Gasteiger partial charge in [-0.25, -0.2) is 0 Å². The second-order valence-corrected chi connectivity index (χ2v) is 6.43. The number of halogens is 1. The molecule has 0 bridgehead atoms. The molecular weight excluding hydrogens is 338 g/mol. The lowest BCUT2D eigenvalue weighted by Gasteiger charge is -2.14. The van der Waals surface area contributed by atoms with Crippen LogP contribution in [0, 0.1) is 0 Å². The lowest BCUT2D eigenvalue weighted by molar-refractivity contribution is -0.121. The molecule has 5 heteroatoms. The first-order valence-corrected chi connectivity index (χ1v) is 8.71. The maximum Gasteiger partial charge on any atom is 0.220 e. The van der Waals surface area contributed by atoms with Crippen LogP contribution < -0.4 is 14.8 Å². The summed E-state index contributed by atoms with van der Waals surface area (Å²) in [5.74, 6) is 1.35. The van der Waals surface area contributed by atoms with Gasteiger partial charge in [0.15, 0.2) is 11.5 Å². The Morgan fingerprint density at radius 2 is 1.92 bits per heavy atom. The van der Waals surface area contributed by atoms with Crippen molar-refractivity contribution >= 4 is 17.5 Å². The van der Waals surface area contributed by atoms with Crippen LogP contribution in [0.15, 0.2) is 42.5 Å². The van der Waals surface area contributed by atoms with Crippen LogP contribution in [0.1, 0.15) is 31.4 Å². The van der Waals surface area contributed by atoms with Gasteiger partial charge in [-0.3, -0.25) is 4.79 Å². The molecule has 25 heavy (non-hydrogen) atoms. The Kier molecular flexibility index (Phi) is 7.14. The Morgan fingerprint density at radius 1 is 1.16 bits per heavy atom. The SMILES string of the molecule is COc1cc(CNC(=O)CCc2ccccc2Cl)ccc1OC(C)C. The second kappa shape index (κ2) is 9.33. The smallest absolute Gasteiger partial charge is 0.220 e. The fraction of sp³-hybridized carbons (Fsp3) is 0.350. The number of hydrogen-bond donors (Lipinski definition) is 1. The summed E-state index contributed by atoms with van der Waals surface area (Å²) in [6.07, 6.45) is 1.09. The molecule has 0 aliphatic rings. The maximum atomic E-state index is 12.1. The molecular formula is C20H24ClNO3. The van der Waals surface area contributed by atoms with Crippen LogP contribution in [0.5, 0.6) is 11.5 Å². The summed E-state index contributed by atoms with van der Waals surface area (Å²) in [5.41, 5.74) is 1.94. The van der Waals surface area contributed by atoms with Gasteiger partial charge in [0.05, 0.1) is 13.2 Å². The van der Waals surface area contributed by atoms with Gasteiger partial charge in [0.25, 0.3) is 0 Å². The standard InChI is InChI=1S/C20H24ClNO3/c1-14(2)25-18-10-8-15(12-19(18)24-3)13-22-20(23)11-9-16-6-4-5-7-17(16)21/h4-8,10,12,14H,9,11,13H2,1-3H3,(H,22,23). The van der Waals surface area contributed by atoms with E-state index in [-0.39, 0.29) is 12.0 Å². The fourth-order valence-electron chi connectivity index (χ4n) is 2.41. The Balaban J connectivity index is 1.88. The summed E-state index contributed by atoms with van der Waals surface area (Å²) in [6.45, 7) is 4.37. The highest BCUT2D eigenvalue weighted by Gasteiger charge is 2.09. The Morgan fingerprint density at radius 3 is 2.60 bits per heavy atom. The van der Waals surface area contributed by atoms with Crippen LogP contribution in [0.2, 0.25) is 5.02 Å². The molecule has 0 aliphatic carbocycles. The van der Waals surface area contributed by atoms with Crippen LogP contribution in [0.25, 0.3) is 0 Å². The monoisotopic (exact) mass is 361 g/mol. The first kappa shape index (κ1) is 19.1. The summed E-state index contributed by atoms with van der Waals surface area (Å²) in [4.78, 5) is 12.1. The predicted molar refractivity (Wildman–Crippen MR) is 100 cm³/mol. The summed E-state index contributed by atoms with van der Waals surface area (Å²) >= 11 is 6.11. The average molecular weight is 362 g/mol. The number of benzene rings is 2. The van der Waals surface area contributed by atoms with Gasteiger partial charge in [-0.05, 0) is 49.6 Å². The van der Waals surface area contributed by atoms with Crippen molar-refractivity contribution in [3.05, 3.63) is 58.6 Å². The van der Waals surface area contributed by atoms with Gasteiger partial charge < -0.3 is 14.8 Å². The topological polar surface area (TPSA) is 47.6 Å². The third-order valence-corrected chi connectivity index (χ3v) is 4.03. The van der Waals surface area contributed by atoms with Crippen molar-refractivity contribution in [2.75, 3.05) is 7.11 Å². The van der Waals surface area contributed by atoms with Gasteiger partial charge in [0.2, 0.25) is 5.91 Å². The molecule has 0 radical (unpaired) electrons. The van der Waals surface area contributed by atoms with Crippen LogP contribution in [0.4, 0.5) is 0 Å². The Hall–Kier alpha value is -2.20. The van der Waals surface area contributed by atoms with Crippen molar-refractivity contribution in [1.82, 2.24) is 5.32 Å². The number of carbonyl (C=O) groups is 1. The number of amides is 1. The maximum absolute atomic E-state index is 12.1. The van der Waals surface area contributed by atoms with Crippen LogP contribution in [0.3, 0.4) is 0 Å². The molecule has 134 valence electrons. The van der Waals surface area contributed by atoms with Crippen molar-refractivity contribution in [3.8, 4) is 11.5 Å². The van der Waals surface area contributed by atoms with Gasteiger partial charge in [-0.2, -0.15) is 0 Å². The highest BCUT2D eigenvalue weighted by atomic mass is 35.5. The molecule has 1 N–H and O–H groups in total. The van der Waals surface area contributed by atoms with Crippen molar-refractivity contribution in [2.45, 2.75) is 39.3 Å². The van der Waals surface area contributed by atoms with E-state index in [2.05, 4.69) is 5.32 Å². The number of methoxy groups -OCH3 is 1. The summed E-state index contributed by atoms with van der Waals surface area (Å²) in [5, 5.41) is 3.62. The molecule has 0 atom stereocenters. The van der Waals surface area contributed by atoms with Crippen LogP contribution in [-0.2, 0) is 17.8 Å². The van der Waals surface area contributed by atoms with Crippen molar-refractivity contribution in [3.63, 3.8) is 0 Å². The van der Waals surface area contributed by atoms with Gasteiger partial charge in [-0.1, -0.05) is 35.9 Å². The molecule has 0 saturated heterocycles. The van der Waals surface area contributed by atoms with Crippen molar-refractivity contribution in [1.29, 1.82) is 0 Å². The van der Waals surface area contributed by atoms with E-state index in [1.807, 2.05) is 56.3 Å². The molecule has 0 aromatic heterocycles. The Bertz CT molecular complexity index is 716. The lowest BCUT2D eigenvalue weighted by atomic mass is 10.1. The minimum atomic E-state index is -0.0126. The van der Waals surface area contributed by atoms with Gasteiger partial charge in [0.1, 0.15) is 0 Å². The first-order valence-electron chi connectivity index (χ1n) is 8.33. The molecule has 0 saturated carbocycles. The minimum Gasteiger partial charge on any atom is -0.493 e. The molecule has 2 aromatic carbocycles. The van der Waals surface area contributed by atoms with E-state index in [4.69, 9.17) is 21.1 Å². The Labute approximate surface area is 154 Å². The van der Waals surface area contributed by atoms with Crippen molar-refractivity contribution < 1.29 is 14.3 Å². The fourth-order valence-corrected chi connectivity index (χ4v) is 2.64. The summed E-state index contributed by atoms with van der Waals surface area (Å²) in [7, 11) is 1.61. The summed E-state index contributed by atoms with van der Waals surface area (Å²) in [6, 6.07) is 13.2. The highest BCUT2D eigenvalue weighted by molar-refractivity contribution is 6.31. The van der Waals surface area contributed by atoms with E-state index in [0.29, 0.717) is 35.9 Å². The van der Waals surface area contributed by atoms with E-state index >= 15 is 0 Å². The third-order valence-electron chi connectivity index (χ3n) is 3.66. The molecule has 4 nitrogen and oxygen atoms in total. The summed E-state index contributed by atoms with van der Waals surface area (Å²) < 4.78 is 11.1. The number of nitrogens with one attached hydrogen (secondary N) is 1. The molecule has 2 rings (SSSR count). The largest absolute Gasteiger partial charge is 0.493 e. The van der Waals surface area contributed by atoms with Crippen molar-refractivity contribution in [2.24, 2.45) is 0 Å². The minimum absolute atomic E-state index is 0.0126. The van der Waals surface area contributed by atoms with Crippen LogP contribution in [-0.4, -0.2) is 19.1 Å². The van der Waals surface area contributed by atoms with E-state index in [1.165, 1.54) is 0 Å². The normalized spacial score (nSPS) is 10.6. The average Bonchev–Trinajstić information content (AvgIpc) is 2.59. The van der Waals surface area contributed by atoms with Crippen LogP contribution >= 0.6 is 11.6 Å². The quantitative estimate of drug-likeness (QED) is 0.758. The highest BCUT2D eigenvalue weighted by Crippen LogP contribution is 2.29. The predicted octanol–water partition coefficient (Wildman–Crippen LogP) is 4.38. The number of ether oxygens (including phenoxy) is 2. The van der Waals surface area contributed by atoms with E-state index in [9.17, 15) is 4.79 Å². The van der Waals surface area contributed by atoms with Gasteiger partial charge in [0, 0.05) is 18.0 Å². The van der Waals surface area contributed by atoms with Gasteiger partial charge in [-0.15, -0.1) is 0 Å².